The van der Waals surface area contributed by atoms with Gasteiger partial charge in [-0.15, -0.1) is 0 Å². The summed E-state index contributed by atoms with van der Waals surface area (Å²) in [6.45, 7) is 0.235. The summed E-state index contributed by atoms with van der Waals surface area (Å²) in [5, 5.41) is 10.9. The van der Waals surface area contributed by atoms with Crippen LogP contribution in [0.25, 0.3) is 0 Å². The van der Waals surface area contributed by atoms with Gasteiger partial charge in [0.2, 0.25) is 0 Å². The summed E-state index contributed by atoms with van der Waals surface area (Å²) in [6, 6.07) is 10.2. The van der Waals surface area contributed by atoms with Gasteiger partial charge in [0.15, 0.2) is 0 Å². The summed E-state index contributed by atoms with van der Waals surface area (Å²) in [7, 11) is 1.59. The van der Waals surface area contributed by atoms with Crippen LogP contribution >= 0.6 is 31.9 Å². The second kappa shape index (κ2) is 6.91. The van der Waals surface area contributed by atoms with Crippen LogP contribution in [0, 0.1) is 10.1 Å². The highest BCUT2D eigenvalue weighted by Crippen LogP contribution is 2.30. The molecular formula is C14H11Br2NO4. The molecule has 0 heterocycles. The molecule has 2 aromatic carbocycles. The summed E-state index contributed by atoms with van der Waals surface area (Å²) in [4.78, 5) is 10.5. The summed E-state index contributed by atoms with van der Waals surface area (Å²) < 4.78 is 12.0. The highest BCUT2D eigenvalue weighted by molar-refractivity contribution is 9.11. The minimum atomic E-state index is -0.434. The second-order valence-electron chi connectivity index (χ2n) is 4.13. The molecule has 0 fully saturated rings. The molecule has 0 N–H and O–H groups in total. The second-order valence-corrected chi connectivity index (χ2v) is 5.84. The molecule has 110 valence electrons. The molecule has 0 aromatic heterocycles. The van der Waals surface area contributed by atoms with Crippen molar-refractivity contribution in [1.29, 1.82) is 0 Å². The Morgan fingerprint density at radius 3 is 2.52 bits per heavy atom. The van der Waals surface area contributed by atoms with Crippen LogP contribution < -0.4 is 9.47 Å². The van der Waals surface area contributed by atoms with Gasteiger partial charge < -0.3 is 9.47 Å². The largest absolute Gasteiger partial charge is 0.497 e. The zero-order valence-electron chi connectivity index (χ0n) is 11.0. The SMILES string of the molecule is COc1ccc(OCc2ccc(Br)c([N+](=O)[O-])c2)c(Br)c1. The van der Waals surface area contributed by atoms with E-state index in [9.17, 15) is 10.1 Å². The third kappa shape index (κ3) is 3.95. The molecule has 0 saturated carbocycles. The Morgan fingerprint density at radius 2 is 1.90 bits per heavy atom. The maximum absolute atomic E-state index is 10.9. The third-order valence-electron chi connectivity index (χ3n) is 2.74. The first-order chi connectivity index (χ1) is 10.0. The lowest BCUT2D eigenvalue weighted by atomic mass is 10.2. The lowest BCUT2D eigenvalue weighted by Gasteiger charge is -2.09. The molecule has 0 radical (unpaired) electrons. The summed E-state index contributed by atoms with van der Waals surface area (Å²) in [5.74, 6) is 1.36. The van der Waals surface area contributed by atoms with Crippen LogP contribution in [0.2, 0.25) is 0 Å². The summed E-state index contributed by atoms with van der Waals surface area (Å²) in [5.41, 5.74) is 0.734. The van der Waals surface area contributed by atoms with E-state index in [0.717, 1.165) is 4.47 Å². The Labute approximate surface area is 138 Å². The number of rotatable bonds is 5. The first-order valence-electron chi connectivity index (χ1n) is 5.90. The first kappa shape index (κ1) is 15.8. The van der Waals surface area contributed by atoms with Gasteiger partial charge in [-0.1, -0.05) is 6.07 Å². The lowest BCUT2D eigenvalue weighted by molar-refractivity contribution is -0.385. The number of methoxy groups -OCH3 is 1. The molecule has 0 bridgehead atoms. The van der Waals surface area contributed by atoms with Gasteiger partial charge in [-0.3, -0.25) is 10.1 Å². The molecule has 21 heavy (non-hydrogen) atoms. The average molecular weight is 417 g/mol. The van der Waals surface area contributed by atoms with Crippen LogP contribution in [0.3, 0.4) is 0 Å². The Kier molecular flexibility index (Phi) is 5.19. The van der Waals surface area contributed by atoms with Crippen molar-refractivity contribution in [2.24, 2.45) is 0 Å². The standard InChI is InChI=1S/C14H11Br2NO4/c1-20-10-3-5-14(12(16)7-10)21-8-9-2-4-11(15)13(6-9)17(18)19/h2-7H,8H2,1H3. The predicted octanol–water partition coefficient (Wildman–Crippen LogP) is 4.71. The number of hydrogen-bond donors (Lipinski definition) is 0. The normalized spacial score (nSPS) is 10.2. The average Bonchev–Trinajstić information content (AvgIpc) is 2.47. The molecule has 0 aliphatic rings. The van der Waals surface area contributed by atoms with Gasteiger partial charge in [0, 0.05) is 6.07 Å². The van der Waals surface area contributed by atoms with Crippen LogP contribution in [0.4, 0.5) is 5.69 Å². The predicted molar refractivity (Wildman–Crippen MR) is 85.8 cm³/mol. The van der Waals surface area contributed by atoms with Crippen molar-refractivity contribution in [3.05, 3.63) is 61.0 Å². The molecule has 0 spiro atoms. The van der Waals surface area contributed by atoms with Crippen LogP contribution in [0.5, 0.6) is 11.5 Å². The van der Waals surface area contributed by atoms with Crippen LogP contribution in [0.1, 0.15) is 5.56 Å². The Balaban J connectivity index is 2.13. The van der Waals surface area contributed by atoms with E-state index < -0.39 is 4.92 Å². The van der Waals surface area contributed by atoms with Crippen molar-refractivity contribution >= 4 is 37.5 Å². The maximum atomic E-state index is 10.9. The van der Waals surface area contributed by atoms with E-state index in [4.69, 9.17) is 9.47 Å². The van der Waals surface area contributed by atoms with E-state index in [-0.39, 0.29) is 12.3 Å². The molecule has 2 rings (SSSR count). The number of nitro groups is 1. The fraction of sp³-hybridized carbons (Fsp3) is 0.143. The Hall–Kier alpha value is -1.60. The molecule has 0 aliphatic carbocycles. The highest BCUT2D eigenvalue weighted by atomic mass is 79.9. The summed E-state index contributed by atoms with van der Waals surface area (Å²) in [6.07, 6.45) is 0. The minimum absolute atomic E-state index is 0.0184. The van der Waals surface area contributed by atoms with Crippen LogP contribution in [-0.4, -0.2) is 12.0 Å². The quantitative estimate of drug-likeness (QED) is 0.523. The van der Waals surface area contributed by atoms with E-state index in [2.05, 4.69) is 31.9 Å². The molecule has 0 atom stereocenters. The van der Waals surface area contributed by atoms with Crippen LogP contribution in [0.15, 0.2) is 45.3 Å². The van der Waals surface area contributed by atoms with Gasteiger partial charge in [-0.05, 0) is 61.7 Å². The number of halogens is 2. The van der Waals surface area contributed by atoms with E-state index in [0.29, 0.717) is 21.5 Å². The third-order valence-corrected chi connectivity index (χ3v) is 4.03. The topological polar surface area (TPSA) is 61.6 Å². The molecule has 2 aromatic rings. The summed E-state index contributed by atoms with van der Waals surface area (Å²) >= 11 is 6.54. The minimum Gasteiger partial charge on any atom is -0.497 e. The molecule has 7 heteroatoms. The van der Waals surface area contributed by atoms with Gasteiger partial charge in [0.25, 0.3) is 5.69 Å². The Morgan fingerprint density at radius 1 is 1.14 bits per heavy atom. The van der Waals surface area contributed by atoms with Gasteiger partial charge in [0.05, 0.1) is 21.0 Å². The maximum Gasteiger partial charge on any atom is 0.283 e. The Bertz CT molecular complexity index is 676. The van der Waals surface area contributed by atoms with Gasteiger partial charge in [-0.2, -0.15) is 0 Å². The lowest BCUT2D eigenvalue weighted by Crippen LogP contribution is -1.98. The van der Waals surface area contributed by atoms with Gasteiger partial charge in [-0.25, -0.2) is 0 Å². The van der Waals surface area contributed by atoms with E-state index >= 15 is 0 Å². The van der Waals surface area contributed by atoms with Crippen molar-refractivity contribution in [2.45, 2.75) is 6.61 Å². The van der Waals surface area contributed by atoms with Crippen molar-refractivity contribution < 1.29 is 14.4 Å². The van der Waals surface area contributed by atoms with Gasteiger partial charge >= 0.3 is 0 Å². The number of benzene rings is 2. The van der Waals surface area contributed by atoms with E-state index in [1.807, 2.05) is 0 Å². The highest BCUT2D eigenvalue weighted by Gasteiger charge is 2.13. The fourth-order valence-electron chi connectivity index (χ4n) is 1.67. The molecule has 0 aliphatic heterocycles. The number of nitro benzene ring substituents is 1. The van der Waals surface area contributed by atoms with Crippen molar-refractivity contribution in [1.82, 2.24) is 0 Å². The molecule has 0 unspecified atom stereocenters. The van der Waals surface area contributed by atoms with Crippen molar-refractivity contribution in [2.75, 3.05) is 7.11 Å². The zero-order valence-corrected chi connectivity index (χ0v) is 14.2. The van der Waals surface area contributed by atoms with Gasteiger partial charge in [0.1, 0.15) is 18.1 Å². The number of ether oxygens (including phenoxy) is 2. The smallest absolute Gasteiger partial charge is 0.283 e. The molecule has 5 nitrogen and oxygen atoms in total. The molecule has 0 amide bonds. The van der Waals surface area contributed by atoms with E-state index in [1.165, 1.54) is 6.07 Å². The van der Waals surface area contributed by atoms with Crippen molar-refractivity contribution in [3.63, 3.8) is 0 Å². The number of nitrogens with zero attached hydrogens (tertiary/aromatic N) is 1. The van der Waals surface area contributed by atoms with E-state index in [1.54, 1.807) is 37.4 Å². The number of hydrogen-bond acceptors (Lipinski definition) is 4. The molecular weight excluding hydrogens is 406 g/mol. The molecule has 0 saturated heterocycles. The van der Waals surface area contributed by atoms with Crippen molar-refractivity contribution in [3.8, 4) is 11.5 Å². The monoisotopic (exact) mass is 415 g/mol. The fourth-order valence-corrected chi connectivity index (χ4v) is 2.54. The van der Waals surface area contributed by atoms with Crippen LogP contribution in [-0.2, 0) is 6.61 Å². The first-order valence-corrected chi connectivity index (χ1v) is 7.49. The zero-order chi connectivity index (χ0) is 15.4.